The fourth-order valence-corrected chi connectivity index (χ4v) is 7.39. The van der Waals surface area contributed by atoms with Gasteiger partial charge in [-0.15, -0.1) is 0 Å². The number of methoxy groups -OCH3 is 1. The lowest BCUT2D eigenvalue weighted by molar-refractivity contribution is -0.140. The highest BCUT2D eigenvalue weighted by Crippen LogP contribution is 2.61. The van der Waals surface area contributed by atoms with Crippen LogP contribution < -0.4 is 0 Å². The van der Waals surface area contributed by atoms with E-state index in [0.29, 0.717) is 6.42 Å². The van der Waals surface area contributed by atoms with Gasteiger partial charge < -0.3 is 4.74 Å². The van der Waals surface area contributed by atoms with Gasteiger partial charge in [-0.05, 0) is 130 Å². The number of carbonyl (C=O) groups excluding carboxylic acids is 1. The molecule has 0 radical (unpaired) electrons. The van der Waals surface area contributed by atoms with Crippen molar-refractivity contribution in [2.75, 3.05) is 7.11 Å². The second-order valence-corrected chi connectivity index (χ2v) is 12.7. The number of rotatable bonds is 16. The molecule has 176 valence electrons. The molecule has 2 heteroatoms. The molecular formula is C29H48O2. The average Bonchev–Trinajstić information content (AvgIpc) is 3.55. The monoisotopic (exact) mass is 428 g/mol. The maximum absolute atomic E-state index is 11.2. The third kappa shape index (κ3) is 6.50. The normalized spacial score (nSPS) is 44.1. The van der Waals surface area contributed by atoms with Gasteiger partial charge in [0.25, 0.3) is 0 Å². The highest BCUT2D eigenvalue weighted by Gasteiger charge is 2.51. The van der Waals surface area contributed by atoms with E-state index >= 15 is 0 Å². The summed E-state index contributed by atoms with van der Waals surface area (Å²) in [6.07, 6.45) is 22.8. The molecule has 0 aromatic heterocycles. The largest absolute Gasteiger partial charge is 0.469 e. The Balaban J connectivity index is 0.871. The lowest BCUT2D eigenvalue weighted by atomic mass is 10.0. The van der Waals surface area contributed by atoms with E-state index in [1.54, 1.807) is 44.9 Å². The Morgan fingerprint density at radius 1 is 0.613 bits per heavy atom. The molecule has 0 heterocycles. The van der Waals surface area contributed by atoms with E-state index in [4.69, 9.17) is 4.74 Å². The van der Waals surface area contributed by atoms with E-state index in [0.717, 1.165) is 65.6 Å². The minimum Gasteiger partial charge on any atom is -0.469 e. The summed E-state index contributed by atoms with van der Waals surface area (Å²) in [5.74, 6) is 10.9. The first-order valence-corrected chi connectivity index (χ1v) is 14.2. The predicted molar refractivity (Wildman–Crippen MR) is 126 cm³/mol. The molecule has 5 aliphatic carbocycles. The van der Waals surface area contributed by atoms with Crippen molar-refractivity contribution in [3.8, 4) is 0 Å². The summed E-state index contributed by atoms with van der Waals surface area (Å²) in [5, 5.41) is 0. The highest BCUT2D eigenvalue weighted by molar-refractivity contribution is 5.68. The number of hydrogen-bond acceptors (Lipinski definition) is 2. The van der Waals surface area contributed by atoms with Crippen LogP contribution in [-0.4, -0.2) is 13.1 Å². The van der Waals surface area contributed by atoms with Gasteiger partial charge in [-0.2, -0.15) is 0 Å². The fraction of sp³-hybridized carbons (Fsp3) is 0.966. The molecule has 2 nitrogen and oxygen atoms in total. The summed E-state index contributed by atoms with van der Waals surface area (Å²) in [7, 11) is 1.50. The van der Waals surface area contributed by atoms with Crippen LogP contribution >= 0.6 is 0 Å². The van der Waals surface area contributed by atoms with E-state index in [9.17, 15) is 4.79 Å². The summed E-state index contributed by atoms with van der Waals surface area (Å²) in [4.78, 5) is 11.2. The Bertz CT molecular complexity index is 614. The van der Waals surface area contributed by atoms with Gasteiger partial charge in [0, 0.05) is 6.42 Å². The van der Waals surface area contributed by atoms with Gasteiger partial charge in [0.1, 0.15) is 0 Å². The summed E-state index contributed by atoms with van der Waals surface area (Å²) in [6.45, 7) is 2.33. The molecule has 0 amide bonds. The Labute approximate surface area is 191 Å². The van der Waals surface area contributed by atoms with Crippen LogP contribution in [-0.2, 0) is 9.53 Å². The molecule has 0 aliphatic heterocycles. The van der Waals surface area contributed by atoms with Crippen molar-refractivity contribution < 1.29 is 9.53 Å². The van der Waals surface area contributed by atoms with Crippen LogP contribution in [0.25, 0.3) is 0 Å². The first kappa shape index (κ1) is 22.3. The van der Waals surface area contributed by atoms with Crippen molar-refractivity contribution in [3.63, 3.8) is 0 Å². The molecule has 0 aromatic carbocycles. The fourth-order valence-electron chi connectivity index (χ4n) is 7.39. The topological polar surface area (TPSA) is 26.3 Å². The summed E-state index contributed by atoms with van der Waals surface area (Å²) < 4.78 is 4.75. The van der Waals surface area contributed by atoms with Crippen LogP contribution in [0.2, 0.25) is 0 Å². The van der Waals surface area contributed by atoms with Crippen LogP contribution in [0.1, 0.15) is 110 Å². The number of esters is 1. The SMILES string of the molecule is CCCCCC1CC1CC1CC1CC1CC1CC1CC1CC1CC1CCCC(=O)OC. The number of unbranched alkanes of at least 4 members (excludes halogenated alkanes) is 2. The second-order valence-electron chi connectivity index (χ2n) is 12.7. The predicted octanol–water partition coefficient (Wildman–Crippen LogP) is 7.65. The molecule has 31 heavy (non-hydrogen) atoms. The zero-order chi connectivity index (χ0) is 21.4. The summed E-state index contributed by atoms with van der Waals surface area (Å²) >= 11 is 0. The molecule has 0 spiro atoms. The smallest absolute Gasteiger partial charge is 0.305 e. The van der Waals surface area contributed by atoms with Crippen LogP contribution in [0, 0.1) is 59.2 Å². The van der Waals surface area contributed by atoms with Crippen LogP contribution in [0.4, 0.5) is 0 Å². The molecule has 0 saturated heterocycles. The molecule has 0 N–H and O–H groups in total. The van der Waals surface area contributed by atoms with Gasteiger partial charge in [-0.25, -0.2) is 0 Å². The third-order valence-corrected chi connectivity index (χ3v) is 10.1. The van der Waals surface area contributed by atoms with E-state index in [-0.39, 0.29) is 5.97 Å². The van der Waals surface area contributed by atoms with Gasteiger partial charge in [0.05, 0.1) is 7.11 Å². The Morgan fingerprint density at radius 2 is 1.00 bits per heavy atom. The molecule has 5 saturated carbocycles. The molecular weight excluding hydrogens is 380 g/mol. The Morgan fingerprint density at radius 3 is 1.42 bits per heavy atom. The molecule has 0 aromatic rings. The van der Waals surface area contributed by atoms with Gasteiger partial charge >= 0.3 is 5.97 Å². The van der Waals surface area contributed by atoms with E-state index in [1.165, 1.54) is 52.1 Å². The van der Waals surface area contributed by atoms with Crippen molar-refractivity contribution in [3.05, 3.63) is 0 Å². The first-order chi connectivity index (χ1) is 15.1. The average molecular weight is 429 g/mol. The number of hydrogen-bond donors (Lipinski definition) is 0. The van der Waals surface area contributed by atoms with Gasteiger partial charge in [-0.3, -0.25) is 4.79 Å². The van der Waals surface area contributed by atoms with E-state index < -0.39 is 0 Å². The maximum atomic E-state index is 11.2. The highest BCUT2D eigenvalue weighted by atomic mass is 16.5. The zero-order valence-corrected chi connectivity index (χ0v) is 20.4. The van der Waals surface area contributed by atoms with Gasteiger partial charge in [-0.1, -0.05) is 32.6 Å². The zero-order valence-electron chi connectivity index (χ0n) is 20.4. The van der Waals surface area contributed by atoms with E-state index in [1.807, 2.05) is 0 Å². The maximum Gasteiger partial charge on any atom is 0.305 e. The third-order valence-electron chi connectivity index (χ3n) is 10.1. The van der Waals surface area contributed by atoms with Gasteiger partial charge in [0.15, 0.2) is 0 Å². The van der Waals surface area contributed by atoms with Crippen molar-refractivity contribution >= 4 is 5.97 Å². The molecule has 5 fully saturated rings. The van der Waals surface area contributed by atoms with Crippen molar-refractivity contribution in [1.82, 2.24) is 0 Å². The summed E-state index contributed by atoms with van der Waals surface area (Å²) in [5.41, 5.74) is 0. The van der Waals surface area contributed by atoms with Gasteiger partial charge in [0.2, 0.25) is 0 Å². The van der Waals surface area contributed by atoms with Crippen molar-refractivity contribution in [2.45, 2.75) is 110 Å². The minimum absolute atomic E-state index is 0.0323. The van der Waals surface area contributed by atoms with Crippen LogP contribution in [0.5, 0.6) is 0 Å². The minimum atomic E-state index is -0.0323. The van der Waals surface area contributed by atoms with Crippen LogP contribution in [0.3, 0.4) is 0 Å². The number of carbonyl (C=O) groups is 1. The quantitative estimate of drug-likeness (QED) is 0.186. The molecule has 5 rings (SSSR count). The molecule has 10 unspecified atom stereocenters. The first-order valence-electron chi connectivity index (χ1n) is 14.2. The van der Waals surface area contributed by atoms with Crippen molar-refractivity contribution in [2.24, 2.45) is 59.2 Å². The lowest BCUT2D eigenvalue weighted by Crippen LogP contribution is -1.99. The second kappa shape index (κ2) is 9.76. The molecule has 10 atom stereocenters. The Kier molecular flexibility index (Phi) is 7.01. The molecule has 0 bridgehead atoms. The lowest BCUT2D eigenvalue weighted by Gasteiger charge is -2.03. The summed E-state index contributed by atoms with van der Waals surface area (Å²) in [6, 6.07) is 0. The van der Waals surface area contributed by atoms with Crippen molar-refractivity contribution in [1.29, 1.82) is 0 Å². The standard InChI is InChI=1S/C29H48O2/c1-3-4-5-7-19-10-21(19)12-23-14-25(23)16-27-18-28(27)17-26-15-24(26)13-22-11-20(22)8-6-9-29(30)31-2/h19-28H,3-18H2,1-2H3. The van der Waals surface area contributed by atoms with Crippen LogP contribution in [0.15, 0.2) is 0 Å². The molecule has 5 aliphatic rings. The van der Waals surface area contributed by atoms with E-state index in [2.05, 4.69) is 6.92 Å². The Hall–Kier alpha value is -0.530. The number of ether oxygens (including phenoxy) is 1.